The number of rotatable bonds is 6. The SMILES string of the molecule is CCC(CC)c1ncc(CCC(=O)O)[nH]1. The zero-order valence-electron chi connectivity index (χ0n) is 9.29. The van der Waals surface area contributed by atoms with Crippen LogP contribution in [0.1, 0.15) is 50.5 Å². The Hall–Kier alpha value is -1.32. The molecule has 84 valence electrons. The van der Waals surface area contributed by atoms with E-state index in [1.807, 2.05) is 0 Å². The number of imidazole rings is 1. The number of nitrogens with one attached hydrogen (secondary N) is 1. The molecule has 2 N–H and O–H groups in total. The number of carboxylic acids is 1. The van der Waals surface area contributed by atoms with Crippen LogP contribution in [0.3, 0.4) is 0 Å². The minimum atomic E-state index is -0.770. The number of aromatic nitrogens is 2. The van der Waals surface area contributed by atoms with E-state index in [1.165, 1.54) is 0 Å². The zero-order chi connectivity index (χ0) is 11.3. The predicted molar refractivity (Wildman–Crippen MR) is 57.9 cm³/mol. The Labute approximate surface area is 89.7 Å². The number of aliphatic carboxylic acids is 1. The van der Waals surface area contributed by atoms with E-state index in [0.29, 0.717) is 12.3 Å². The molecule has 0 amide bonds. The first kappa shape index (κ1) is 11.8. The highest BCUT2D eigenvalue weighted by molar-refractivity contribution is 5.66. The van der Waals surface area contributed by atoms with Crippen molar-refractivity contribution >= 4 is 5.97 Å². The molecule has 1 heterocycles. The second-order valence-corrected chi connectivity index (χ2v) is 3.70. The lowest BCUT2D eigenvalue weighted by Crippen LogP contribution is -2.00. The van der Waals surface area contributed by atoms with E-state index in [1.54, 1.807) is 6.20 Å². The summed E-state index contributed by atoms with van der Waals surface area (Å²) < 4.78 is 0. The molecule has 0 unspecified atom stereocenters. The second kappa shape index (κ2) is 5.53. The van der Waals surface area contributed by atoms with E-state index in [0.717, 1.165) is 24.4 Å². The van der Waals surface area contributed by atoms with E-state index in [-0.39, 0.29) is 6.42 Å². The summed E-state index contributed by atoms with van der Waals surface area (Å²) in [6.07, 6.45) is 4.55. The maximum atomic E-state index is 10.4. The number of aryl methyl sites for hydroxylation is 1. The van der Waals surface area contributed by atoms with Gasteiger partial charge in [0, 0.05) is 17.8 Å². The highest BCUT2D eigenvalue weighted by atomic mass is 16.4. The average molecular weight is 210 g/mol. The lowest BCUT2D eigenvalue weighted by Gasteiger charge is -2.07. The van der Waals surface area contributed by atoms with E-state index in [4.69, 9.17) is 5.11 Å². The van der Waals surface area contributed by atoms with Crippen molar-refractivity contribution in [2.24, 2.45) is 0 Å². The van der Waals surface area contributed by atoms with Crippen molar-refractivity contribution in [1.29, 1.82) is 0 Å². The molecule has 0 saturated heterocycles. The standard InChI is InChI=1S/C11H18N2O2/c1-3-8(4-2)11-12-7-9(13-11)5-6-10(14)15/h7-8H,3-6H2,1-2H3,(H,12,13)(H,14,15). The minimum absolute atomic E-state index is 0.157. The molecule has 4 heteroatoms. The van der Waals surface area contributed by atoms with Gasteiger partial charge in [-0.15, -0.1) is 0 Å². The maximum absolute atomic E-state index is 10.4. The predicted octanol–water partition coefficient (Wildman–Crippen LogP) is 2.33. The average Bonchev–Trinajstić information content (AvgIpc) is 2.65. The third-order valence-electron chi connectivity index (χ3n) is 2.63. The van der Waals surface area contributed by atoms with Gasteiger partial charge in [0.1, 0.15) is 5.82 Å². The monoisotopic (exact) mass is 210 g/mol. The number of nitrogens with zero attached hydrogens (tertiary/aromatic N) is 1. The summed E-state index contributed by atoms with van der Waals surface area (Å²) in [6, 6.07) is 0. The fourth-order valence-corrected chi connectivity index (χ4v) is 1.63. The van der Waals surface area contributed by atoms with E-state index >= 15 is 0 Å². The molecule has 0 radical (unpaired) electrons. The lowest BCUT2D eigenvalue weighted by molar-refractivity contribution is -0.136. The van der Waals surface area contributed by atoms with Crippen molar-refractivity contribution in [3.8, 4) is 0 Å². The third-order valence-corrected chi connectivity index (χ3v) is 2.63. The molecule has 0 atom stereocenters. The van der Waals surface area contributed by atoms with Crippen LogP contribution >= 0.6 is 0 Å². The van der Waals surface area contributed by atoms with Gasteiger partial charge in [0.25, 0.3) is 0 Å². The first-order valence-corrected chi connectivity index (χ1v) is 5.42. The summed E-state index contributed by atoms with van der Waals surface area (Å²) in [7, 11) is 0. The van der Waals surface area contributed by atoms with Gasteiger partial charge in [-0.3, -0.25) is 4.79 Å². The molecule has 0 spiro atoms. The molecular formula is C11H18N2O2. The van der Waals surface area contributed by atoms with Crippen LogP contribution in [0.5, 0.6) is 0 Å². The van der Waals surface area contributed by atoms with E-state index in [9.17, 15) is 4.79 Å². The van der Waals surface area contributed by atoms with Crippen LogP contribution in [0, 0.1) is 0 Å². The van der Waals surface area contributed by atoms with Gasteiger partial charge < -0.3 is 10.1 Å². The van der Waals surface area contributed by atoms with Crippen molar-refractivity contribution in [3.63, 3.8) is 0 Å². The molecule has 1 aromatic rings. The first-order chi connectivity index (χ1) is 7.17. The Bertz CT molecular complexity index is 316. The quantitative estimate of drug-likeness (QED) is 0.757. The van der Waals surface area contributed by atoms with Crippen LogP contribution in [0.25, 0.3) is 0 Å². The van der Waals surface area contributed by atoms with Gasteiger partial charge in [0.15, 0.2) is 0 Å². The third kappa shape index (κ3) is 3.38. The Balaban J connectivity index is 2.59. The number of H-pyrrole nitrogens is 1. The molecule has 1 rings (SSSR count). The molecular weight excluding hydrogens is 192 g/mol. The fraction of sp³-hybridized carbons (Fsp3) is 0.636. The molecule has 0 saturated carbocycles. The molecule has 0 aliphatic rings. The molecule has 1 aromatic heterocycles. The van der Waals surface area contributed by atoms with Gasteiger partial charge in [-0.25, -0.2) is 4.98 Å². The molecule has 0 aliphatic heterocycles. The molecule has 4 nitrogen and oxygen atoms in total. The maximum Gasteiger partial charge on any atom is 0.303 e. The summed E-state index contributed by atoms with van der Waals surface area (Å²) >= 11 is 0. The minimum Gasteiger partial charge on any atom is -0.481 e. The van der Waals surface area contributed by atoms with Gasteiger partial charge in [0.05, 0.1) is 6.42 Å². The molecule has 15 heavy (non-hydrogen) atoms. The van der Waals surface area contributed by atoms with Crippen LogP contribution < -0.4 is 0 Å². The van der Waals surface area contributed by atoms with Crippen molar-refractivity contribution in [1.82, 2.24) is 9.97 Å². The lowest BCUT2D eigenvalue weighted by atomic mass is 10.0. The molecule has 0 bridgehead atoms. The van der Waals surface area contributed by atoms with Crippen LogP contribution in [0.2, 0.25) is 0 Å². The number of hydrogen-bond donors (Lipinski definition) is 2. The summed E-state index contributed by atoms with van der Waals surface area (Å²) in [5.74, 6) is 0.678. The van der Waals surface area contributed by atoms with Gasteiger partial charge in [-0.1, -0.05) is 13.8 Å². The number of aromatic amines is 1. The summed E-state index contributed by atoms with van der Waals surface area (Å²) in [4.78, 5) is 17.9. The van der Waals surface area contributed by atoms with Crippen LogP contribution in [0.4, 0.5) is 0 Å². The van der Waals surface area contributed by atoms with Crippen LogP contribution in [-0.2, 0) is 11.2 Å². The largest absolute Gasteiger partial charge is 0.481 e. The summed E-state index contributed by atoms with van der Waals surface area (Å²) in [5.41, 5.74) is 0.916. The van der Waals surface area contributed by atoms with E-state index in [2.05, 4.69) is 23.8 Å². The van der Waals surface area contributed by atoms with Crippen molar-refractivity contribution in [2.75, 3.05) is 0 Å². The highest BCUT2D eigenvalue weighted by Gasteiger charge is 2.11. The van der Waals surface area contributed by atoms with E-state index < -0.39 is 5.97 Å². The Morgan fingerprint density at radius 2 is 2.20 bits per heavy atom. The van der Waals surface area contributed by atoms with Crippen LogP contribution in [0.15, 0.2) is 6.20 Å². The van der Waals surface area contributed by atoms with Gasteiger partial charge in [0.2, 0.25) is 0 Å². The van der Waals surface area contributed by atoms with Crippen molar-refractivity contribution < 1.29 is 9.90 Å². The summed E-state index contributed by atoms with van der Waals surface area (Å²) in [6.45, 7) is 4.27. The topological polar surface area (TPSA) is 66.0 Å². The normalized spacial score (nSPS) is 10.9. The number of carboxylic acid groups (broad SMARTS) is 1. The smallest absolute Gasteiger partial charge is 0.303 e. The summed E-state index contributed by atoms with van der Waals surface area (Å²) in [5, 5.41) is 8.55. The van der Waals surface area contributed by atoms with Crippen LogP contribution in [-0.4, -0.2) is 21.0 Å². The Morgan fingerprint density at radius 1 is 1.53 bits per heavy atom. The van der Waals surface area contributed by atoms with Gasteiger partial charge in [-0.2, -0.15) is 0 Å². The van der Waals surface area contributed by atoms with Gasteiger partial charge >= 0.3 is 5.97 Å². The Morgan fingerprint density at radius 3 is 2.73 bits per heavy atom. The number of hydrogen-bond acceptors (Lipinski definition) is 2. The fourth-order valence-electron chi connectivity index (χ4n) is 1.63. The number of carbonyl (C=O) groups is 1. The van der Waals surface area contributed by atoms with Gasteiger partial charge in [-0.05, 0) is 19.3 Å². The second-order valence-electron chi connectivity index (χ2n) is 3.70. The Kier molecular flexibility index (Phi) is 4.34. The van der Waals surface area contributed by atoms with Crippen molar-refractivity contribution in [3.05, 3.63) is 17.7 Å². The highest BCUT2D eigenvalue weighted by Crippen LogP contribution is 2.19. The molecule has 0 fully saturated rings. The molecule has 0 aliphatic carbocycles. The first-order valence-electron chi connectivity index (χ1n) is 5.42. The zero-order valence-corrected chi connectivity index (χ0v) is 9.29. The van der Waals surface area contributed by atoms with Crippen molar-refractivity contribution in [2.45, 2.75) is 45.4 Å². The molecule has 0 aromatic carbocycles.